The maximum atomic E-state index is 12.9. The molecule has 0 unspecified atom stereocenters. The van der Waals surface area contributed by atoms with E-state index in [-0.39, 0.29) is 38.4 Å². The summed E-state index contributed by atoms with van der Waals surface area (Å²) in [5.74, 6) is -0.443. The zero-order chi connectivity index (χ0) is 22.6. The maximum Gasteiger partial charge on any atom is 0.416 e. The van der Waals surface area contributed by atoms with E-state index in [9.17, 15) is 26.4 Å². The van der Waals surface area contributed by atoms with Crippen molar-refractivity contribution < 1.29 is 31.5 Å². The first kappa shape index (κ1) is 22.9. The van der Waals surface area contributed by atoms with Crippen molar-refractivity contribution in [1.82, 2.24) is 14.6 Å². The number of nitrogens with zero attached hydrogens (tertiary/aromatic N) is 2. The van der Waals surface area contributed by atoms with Crippen molar-refractivity contribution in [3.8, 4) is 0 Å². The van der Waals surface area contributed by atoms with Crippen molar-refractivity contribution in [3.63, 3.8) is 0 Å². The van der Waals surface area contributed by atoms with Crippen LogP contribution < -0.4 is 5.32 Å². The van der Waals surface area contributed by atoms with Crippen molar-refractivity contribution >= 4 is 21.5 Å². The Balaban J connectivity index is 1.78. The molecule has 0 spiro atoms. The third-order valence-electron chi connectivity index (χ3n) is 4.68. The zero-order valence-electron chi connectivity index (χ0n) is 16.3. The molecule has 0 aliphatic carbocycles. The van der Waals surface area contributed by atoms with E-state index in [1.165, 1.54) is 6.07 Å². The number of halogens is 3. The number of hydrogen-bond donors (Lipinski definition) is 2. The lowest BCUT2D eigenvalue weighted by Gasteiger charge is -2.26. The molecule has 0 atom stereocenters. The van der Waals surface area contributed by atoms with Crippen molar-refractivity contribution in [2.45, 2.75) is 17.5 Å². The van der Waals surface area contributed by atoms with E-state index in [0.29, 0.717) is 11.8 Å². The summed E-state index contributed by atoms with van der Waals surface area (Å²) in [5, 5.41) is 11.3. The summed E-state index contributed by atoms with van der Waals surface area (Å²) < 4.78 is 65.5. The van der Waals surface area contributed by atoms with Gasteiger partial charge in [0.25, 0.3) is 5.91 Å². The van der Waals surface area contributed by atoms with Crippen LogP contribution in [0.15, 0.2) is 53.4 Å². The molecule has 166 valence electrons. The van der Waals surface area contributed by atoms with E-state index < -0.39 is 32.6 Å². The molecular weight excluding hydrogens is 435 g/mol. The molecule has 3 rings (SSSR count). The van der Waals surface area contributed by atoms with E-state index in [1.54, 1.807) is 18.2 Å². The summed E-state index contributed by atoms with van der Waals surface area (Å²) in [6.07, 6.45) is -2.72. The minimum atomic E-state index is -4.64. The quantitative estimate of drug-likeness (QED) is 0.697. The van der Waals surface area contributed by atoms with Crippen molar-refractivity contribution in [3.05, 3.63) is 65.5 Å². The van der Waals surface area contributed by atoms with Gasteiger partial charge in [-0.05, 0) is 42.3 Å². The highest BCUT2D eigenvalue weighted by atomic mass is 32.2. The van der Waals surface area contributed by atoms with Crippen LogP contribution in [-0.4, -0.2) is 55.0 Å². The van der Waals surface area contributed by atoms with Crippen LogP contribution in [0, 0.1) is 0 Å². The average Bonchev–Trinajstić information content (AvgIpc) is 2.77. The van der Waals surface area contributed by atoms with Gasteiger partial charge >= 0.3 is 6.18 Å². The van der Waals surface area contributed by atoms with Gasteiger partial charge in [-0.1, -0.05) is 18.2 Å². The lowest BCUT2D eigenvalue weighted by molar-refractivity contribution is -0.137. The number of benzene rings is 1. The first-order valence-electron chi connectivity index (χ1n) is 9.36. The van der Waals surface area contributed by atoms with Crippen LogP contribution in [0.4, 0.5) is 13.2 Å². The maximum absolute atomic E-state index is 12.9. The van der Waals surface area contributed by atoms with Crippen LogP contribution in [0.5, 0.6) is 0 Å². The molecule has 0 saturated heterocycles. The summed E-state index contributed by atoms with van der Waals surface area (Å²) in [6.45, 7) is -0.0773. The van der Waals surface area contributed by atoms with Gasteiger partial charge in [0.1, 0.15) is 5.69 Å². The molecule has 1 amide bonds. The number of aliphatic hydroxyl groups excluding tert-OH is 1. The van der Waals surface area contributed by atoms with Gasteiger partial charge in [0.05, 0.1) is 22.8 Å². The minimum absolute atomic E-state index is 0.0312. The van der Waals surface area contributed by atoms with Crippen LogP contribution in [0.3, 0.4) is 0 Å². The second kappa shape index (κ2) is 9.16. The van der Waals surface area contributed by atoms with Crippen LogP contribution in [0.25, 0.3) is 5.57 Å². The number of hydrogen-bond acceptors (Lipinski definition) is 5. The van der Waals surface area contributed by atoms with Gasteiger partial charge in [-0.25, -0.2) is 13.4 Å². The average molecular weight is 455 g/mol. The van der Waals surface area contributed by atoms with Crippen molar-refractivity contribution in [2.24, 2.45) is 0 Å². The molecule has 11 heteroatoms. The molecule has 0 saturated carbocycles. The summed E-state index contributed by atoms with van der Waals surface area (Å²) in [6, 6.07) is 8.50. The molecular formula is C20H20F3N3O4S. The largest absolute Gasteiger partial charge is 0.416 e. The lowest BCUT2D eigenvalue weighted by atomic mass is 10.1. The number of rotatable bonds is 6. The Morgan fingerprint density at radius 2 is 1.94 bits per heavy atom. The number of amides is 1. The van der Waals surface area contributed by atoms with Gasteiger partial charge < -0.3 is 10.4 Å². The molecule has 0 radical (unpaired) electrons. The Bertz CT molecular complexity index is 1100. The lowest BCUT2D eigenvalue weighted by Crippen LogP contribution is -2.35. The topological polar surface area (TPSA) is 99.6 Å². The number of pyridine rings is 1. The van der Waals surface area contributed by atoms with Crippen LogP contribution in [0.1, 0.15) is 28.2 Å². The normalized spacial score (nSPS) is 15.4. The molecule has 1 aromatic carbocycles. The predicted molar refractivity (Wildman–Crippen MR) is 106 cm³/mol. The summed E-state index contributed by atoms with van der Waals surface area (Å²) in [7, 11) is -4.10. The van der Waals surface area contributed by atoms with E-state index >= 15 is 0 Å². The first-order valence-corrected chi connectivity index (χ1v) is 10.8. The SMILES string of the molecule is O=C(NCCO)c1cccc(C2=CCN(S(=O)(=O)c3cccc(C(F)(F)F)c3)CC2)n1. The number of aliphatic hydroxyl groups is 1. The first-order chi connectivity index (χ1) is 14.6. The van der Waals surface area contributed by atoms with Gasteiger partial charge in [0.15, 0.2) is 0 Å². The van der Waals surface area contributed by atoms with Gasteiger partial charge in [-0.15, -0.1) is 0 Å². The van der Waals surface area contributed by atoms with E-state index in [2.05, 4.69) is 10.3 Å². The van der Waals surface area contributed by atoms with Gasteiger partial charge in [0.2, 0.25) is 10.0 Å². The number of carbonyl (C=O) groups is 1. The summed E-state index contributed by atoms with van der Waals surface area (Å²) >= 11 is 0. The smallest absolute Gasteiger partial charge is 0.395 e. The molecule has 2 N–H and O–H groups in total. The zero-order valence-corrected chi connectivity index (χ0v) is 17.1. The fourth-order valence-electron chi connectivity index (χ4n) is 3.08. The Morgan fingerprint density at radius 1 is 1.19 bits per heavy atom. The van der Waals surface area contributed by atoms with Crippen LogP contribution in [0.2, 0.25) is 0 Å². The summed E-state index contributed by atoms with van der Waals surface area (Å²) in [5.41, 5.74) is 0.369. The predicted octanol–water partition coefficient (Wildman–Crippen LogP) is 2.30. The summed E-state index contributed by atoms with van der Waals surface area (Å²) in [4.78, 5) is 15.9. The molecule has 1 aliphatic heterocycles. The highest BCUT2D eigenvalue weighted by molar-refractivity contribution is 7.89. The number of alkyl halides is 3. The highest BCUT2D eigenvalue weighted by Gasteiger charge is 2.33. The van der Waals surface area contributed by atoms with E-state index in [1.807, 2.05) is 0 Å². The number of nitrogens with one attached hydrogen (secondary N) is 1. The Morgan fingerprint density at radius 3 is 2.58 bits per heavy atom. The van der Waals surface area contributed by atoms with E-state index in [0.717, 1.165) is 28.1 Å². The highest BCUT2D eigenvalue weighted by Crippen LogP contribution is 2.32. The monoisotopic (exact) mass is 455 g/mol. The standard InChI is InChI=1S/C20H20F3N3O4S/c21-20(22,23)15-3-1-4-16(13-15)31(29,30)26-10-7-14(8-11-26)17-5-2-6-18(25-17)19(28)24-9-12-27/h1-7,13,27H,8-12H2,(H,24,28). The molecule has 7 nitrogen and oxygen atoms in total. The molecule has 31 heavy (non-hydrogen) atoms. The minimum Gasteiger partial charge on any atom is -0.395 e. The number of carbonyl (C=O) groups excluding carboxylic acids is 1. The van der Waals surface area contributed by atoms with Crippen LogP contribution in [-0.2, 0) is 16.2 Å². The second-order valence-corrected chi connectivity index (χ2v) is 8.69. The fraction of sp³-hybridized carbons (Fsp3) is 0.300. The van der Waals surface area contributed by atoms with Gasteiger partial charge in [-0.2, -0.15) is 17.5 Å². The number of aromatic nitrogens is 1. The third kappa shape index (κ3) is 5.30. The fourth-order valence-corrected chi connectivity index (χ4v) is 4.51. The van der Waals surface area contributed by atoms with Crippen molar-refractivity contribution in [2.75, 3.05) is 26.2 Å². The second-order valence-electron chi connectivity index (χ2n) is 6.76. The molecule has 1 aromatic heterocycles. The molecule has 0 fully saturated rings. The molecule has 2 aromatic rings. The molecule has 0 bridgehead atoms. The number of sulfonamides is 1. The third-order valence-corrected chi connectivity index (χ3v) is 6.54. The van der Waals surface area contributed by atoms with Crippen LogP contribution >= 0.6 is 0 Å². The Hall–Kier alpha value is -2.76. The molecule has 1 aliphatic rings. The molecule has 2 heterocycles. The van der Waals surface area contributed by atoms with Crippen molar-refractivity contribution in [1.29, 1.82) is 0 Å². The Labute approximate surface area is 177 Å². The van der Waals surface area contributed by atoms with Gasteiger partial charge in [-0.3, -0.25) is 4.79 Å². The Kier molecular flexibility index (Phi) is 6.77. The van der Waals surface area contributed by atoms with E-state index in [4.69, 9.17) is 5.11 Å². The van der Waals surface area contributed by atoms with Gasteiger partial charge in [0, 0.05) is 19.6 Å².